The van der Waals surface area contributed by atoms with Crippen LogP contribution in [-0.4, -0.2) is 30.6 Å². The smallest absolute Gasteiger partial charge is 0.172 e. The van der Waals surface area contributed by atoms with Gasteiger partial charge in [0.15, 0.2) is 5.78 Å². The average molecular weight is 375 g/mol. The van der Waals surface area contributed by atoms with E-state index in [2.05, 4.69) is 37.6 Å². The Labute approximate surface area is 165 Å². The molecule has 5 N–H and O–H groups in total. The molecule has 27 heavy (non-hydrogen) atoms. The van der Waals surface area contributed by atoms with E-state index in [0.717, 1.165) is 24.1 Å². The number of nitrogens with two attached hydrogens (primary N) is 1. The summed E-state index contributed by atoms with van der Waals surface area (Å²) in [4.78, 5) is 12.7. The maximum Gasteiger partial charge on any atom is 0.172 e. The Hall–Kier alpha value is -2.14. The summed E-state index contributed by atoms with van der Waals surface area (Å²) >= 11 is 0. The molecular weight excluding hydrogens is 336 g/mol. The van der Waals surface area contributed by atoms with E-state index in [0.29, 0.717) is 24.5 Å². The second kappa shape index (κ2) is 13.1. The van der Waals surface area contributed by atoms with E-state index in [-0.39, 0.29) is 23.7 Å². The third-order valence-electron chi connectivity index (χ3n) is 4.75. The van der Waals surface area contributed by atoms with E-state index < -0.39 is 0 Å². The Morgan fingerprint density at radius 1 is 1.26 bits per heavy atom. The molecule has 152 valence electrons. The Kier molecular flexibility index (Phi) is 12.1. The molecule has 0 heterocycles. The van der Waals surface area contributed by atoms with Gasteiger partial charge in [0, 0.05) is 17.7 Å². The first kappa shape index (κ1) is 24.9. The summed E-state index contributed by atoms with van der Waals surface area (Å²) in [6, 6.07) is -0.0416. The number of hydrogen-bond donors (Lipinski definition) is 4. The predicted octanol–water partition coefficient (Wildman–Crippen LogP) is 3.70. The van der Waals surface area contributed by atoms with E-state index in [4.69, 9.17) is 11.1 Å². The molecule has 3 unspecified atom stereocenters. The molecule has 0 aromatic carbocycles. The van der Waals surface area contributed by atoms with Gasteiger partial charge in [0.05, 0.1) is 12.4 Å². The van der Waals surface area contributed by atoms with Crippen LogP contribution in [0, 0.1) is 17.2 Å². The number of hydrogen-bond acceptors (Lipinski definition) is 5. The number of likely N-dealkylation sites (N-methyl/N-ethyl adjacent to an activating group) is 1. The fourth-order valence-corrected chi connectivity index (χ4v) is 2.61. The average Bonchev–Trinajstić information content (AvgIpc) is 2.63. The molecule has 0 rings (SSSR count). The number of carbonyl (C=O) groups excluding carboxylic acids is 1. The molecule has 0 radical (unpaired) electrons. The summed E-state index contributed by atoms with van der Waals surface area (Å²) in [5.41, 5.74) is 7.63. The van der Waals surface area contributed by atoms with Crippen LogP contribution in [-0.2, 0) is 4.79 Å². The van der Waals surface area contributed by atoms with Crippen LogP contribution in [0.25, 0.3) is 0 Å². The number of Topliss-reactive ketones (excluding diaryl/α,β-unsaturated/α-hetero) is 1. The lowest BCUT2D eigenvalue weighted by molar-refractivity contribution is -0.115. The summed E-state index contributed by atoms with van der Waals surface area (Å²) < 4.78 is 0. The highest BCUT2D eigenvalue weighted by Crippen LogP contribution is 2.21. The van der Waals surface area contributed by atoms with Gasteiger partial charge in [-0.05, 0) is 49.5 Å². The molecule has 5 nitrogen and oxygen atoms in total. The van der Waals surface area contributed by atoms with Gasteiger partial charge < -0.3 is 21.8 Å². The number of allylic oxidation sites excluding steroid dienone is 4. The molecule has 0 aromatic rings. The highest BCUT2D eigenvalue weighted by atomic mass is 16.1. The van der Waals surface area contributed by atoms with Crippen molar-refractivity contribution in [2.75, 3.05) is 13.1 Å². The highest BCUT2D eigenvalue weighted by Gasteiger charge is 2.22. The van der Waals surface area contributed by atoms with Crippen LogP contribution in [0.5, 0.6) is 0 Å². The van der Waals surface area contributed by atoms with Crippen LogP contribution in [0.3, 0.4) is 0 Å². The molecule has 0 aliphatic carbocycles. The molecule has 0 saturated carbocycles. The van der Waals surface area contributed by atoms with Gasteiger partial charge in [0.2, 0.25) is 0 Å². The van der Waals surface area contributed by atoms with Gasteiger partial charge in [0.1, 0.15) is 0 Å². The standard InChI is InChI=1S/C22H38N4O/c1-8-11-12-19(22(24)16(5)17(6)26-18(7)23)13-20(15(4)9-2)21(27)14-25-10-3/h8,12-13,15-17,24-26H,1,7,9-11,14,23H2,2-6H3/b19-12?,20-13+,24-22?. The molecule has 0 spiro atoms. The van der Waals surface area contributed by atoms with Gasteiger partial charge in [-0.15, -0.1) is 6.58 Å². The number of nitrogens with one attached hydrogen (secondary N) is 3. The molecule has 3 atom stereocenters. The summed E-state index contributed by atoms with van der Waals surface area (Å²) in [6.07, 6.45) is 7.14. The largest absolute Gasteiger partial charge is 0.386 e. The molecule has 0 aliphatic heterocycles. The van der Waals surface area contributed by atoms with Gasteiger partial charge in [-0.1, -0.05) is 46.4 Å². The van der Waals surface area contributed by atoms with Crippen LogP contribution in [0.1, 0.15) is 47.5 Å². The van der Waals surface area contributed by atoms with E-state index in [9.17, 15) is 4.79 Å². The van der Waals surface area contributed by atoms with Crippen molar-refractivity contribution >= 4 is 11.5 Å². The minimum absolute atomic E-state index is 0.0416. The first-order chi connectivity index (χ1) is 12.7. The quantitative estimate of drug-likeness (QED) is 0.161. The van der Waals surface area contributed by atoms with Crippen LogP contribution in [0.2, 0.25) is 0 Å². The Morgan fingerprint density at radius 2 is 1.89 bits per heavy atom. The normalized spacial score (nSPS) is 15.6. The van der Waals surface area contributed by atoms with E-state index >= 15 is 0 Å². The third kappa shape index (κ3) is 8.87. The summed E-state index contributed by atoms with van der Waals surface area (Å²) in [7, 11) is 0. The zero-order valence-electron chi connectivity index (χ0n) is 17.7. The fraction of sp³-hybridized carbons (Fsp3) is 0.545. The highest BCUT2D eigenvalue weighted by molar-refractivity contribution is 6.05. The zero-order chi connectivity index (χ0) is 21.0. The lowest BCUT2D eigenvalue weighted by Gasteiger charge is -2.24. The molecule has 0 saturated heterocycles. The van der Waals surface area contributed by atoms with Crippen molar-refractivity contribution in [3.05, 3.63) is 48.4 Å². The minimum atomic E-state index is -0.0975. The third-order valence-corrected chi connectivity index (χ3v) is 4.75. The number of rotatable bonds is 14. The molecule has 0 aliphatic rings. The van der Waals surface area contributed by atoms with Gasteiger partial charge in [-0.25, -0.2) is 0 Å². The maximum atomic E-state index is 12.7. The van der Waals surface area contributed by atoms with Crippen molar-refractivity contribution < 1.29 is 4.79 Å². The Balaban J connectivity index is 5.82. The van der Waals surface area contributed by atoms with Crippen molar-refractivity contribution in [3.8, 4) is 0 Å². The van der Waals surface area contributed by atoms with Crippen molar-refractivity contribution in [1.29, 1.82) is 5.41 Å². The van der Waals surface area contributed by atoms with Crippen molar-refractivity contribution in [2.45, 2.75) is 53.5 Å². The number of carbonyl (C=O) groups is 1. The van der Waals surface area contributed by atoms with E-state index in [1.807, 2.05) is 32.9 Å². The Bertz CT molecular complexity index is 589. The minimum Gasteiger partial charge on any atom is -0.386 e. The molecule has 0 amide bonds. The van der Waals surface area contributed by atoms with Crippen LogP contribution in [0.4, 0.5) is 0 Å². The van der Waals surface area contributed by atoms with Gasteiger partial charge in [-0.2, -0.15) is 0 Å². The summed E-state index contributed by atoms with van der Waals surface area (Å²) in [6.45, 7) is 18.5. The first-order valence-electron chi connectivity index (χ1n) is 9.75. The van der Waals surface area contributed by atoms with Crippen molar-refractivity contribution in [1.82, 2.24) is 10.6 Å². The first-order valence-corrected chi connectivity index (χ1v) is 9.75. The second-order valence-electron chi connectivity index (χ2n) is 6.96. The monoisotopic (exact) mass is 374 g/mol. The van der Waals surface area contributed by atoms with Crippen molar-refractivity contribution in [3.63, 3.8) is 0 Å². The Morgan fingerprint density at radius 3 is 2.37 bits per heavy atom. The van der Waals surface area contributed by atoms with Crippen molar-refractivity contribution in [2.24, 2.45) is 17.6 Å². The predicted molar refractivity (Wildman–Crippen MR) is 117 cm³/mol. The van der Waals surface area contributed by atoms with Gasteiger partial charge in [0.25, 0.3) is 0 Å². The van der Waals surface area contributed by atoms with Gasteiger partial charge in [-0.3, -0.25) is 4.79 Å². The van der Waals surface area contributed by atoms with Gasteiger partial charge >= 0.3 is 0 Å². The second-order valence-corrected chi connectivity index (χ2v) is 6.96. The molecule has 0 fully saturated rings. The molecule has 0 bridgehead atoms. The fourth-order valence-electron chi connectivity index (χ4n) is 2.61. The molecular formula is C22H38N4O. The van der Waals surface area contributed by atoms with E-state index in [1.165, 1.54) is 0 Å². The lowest BCUT2D eigenvalue weighted by atomic mass is 9.87. The SMILES string of the molecule is C=CCC=C(/C=C(/C(=O)CNCC)C(C)CC)C(=N)C(C)C(C)NC(=C)N. The van der Waals surface area contributed by atoms with Crippen LogP contribution < -0.4 is 16.4 Å². The summed E-state index contributed by atoms with van der Waals surface area (Å²) in [5.74, 6) is 0.499. The molecule has 5 heteroatoms. The lowest BCUT2D eigenvalue weighted by Crippen LogP contribution is -2.37. The summed E-state index contributed by atoms with van der Waals surface area (Å²) in [5, 5.41) is 14.9. The molecule has 0 aromatic heterocycles. The van der Waals surface area contributed by atoms with Crippen LogP contribution >= 0.6 is 0 Å². The van der Waals surface area contributed by atoms with Crippen LogP contribution in [0.15, 0.2) is 48.4 Å². The van der Waals surface area contributed by atoms with E-state index in [1.54, 1.807) is 6.08 Å². The number of ketones is 1. The topological polar surface area (TPSA) is 91.0 Å². The zero-order valence-corrected chi connectivity index (χ0v) is 17.7. The maximum absolute atomic E-state index is 12.7.